The molecule has 0 spiro atoms. The number of anilines is 1. The molecule has 0 aliphatic rings. The van der Waals surface area contributed by atoms with Gasteiger partial charge in [-0.3, -0.25) is 9.36 Å². The van der Waals surface area contributed by atoms with Gasteiger partial charge < -0.3 is 11.1 Å². The van der Waals surface area contributed by atoms with Crippen LogP contribution in [0.25, 0.3) is 27.9 Å². The molecule has 0 bridgehead atoms. The van der Waals surface area contributed by atoms with Crippen molar-refractivity contribution in [3.05, 3.63) is 81.0 Å². The van der Waals surface area contributed by atoms with Crippen LogP contribution in [-0.2, 0) is 6.54 Å². The molecule has 0 unspecified atom stereocenters. The van der Waals surface area contributed by atoms with E-state index in [4.69, 9.17) is 27.3 Å². The summed E-state index contributed by atoms with van der Waals surface area (Å²) in [7, 11) is 0. The number of nitrogen functional groups attached to an aromatic ring is 1. The highest BCUT2D eigenvalue weighted by atomic mass is 35.5. The number of para-hydroxylation sites is 2. The van der Waals surface area contributed by atoms with Crippen LogP contribution < -0.4 is 11.1 Å². The molecule has 154 valence electrons. The van der Waals surface area contributed by atoms with Crippen LogP contribution in [0.3, 0.4) is 0 Å². The van der Waals surface area contributed by atoms with Crippen LogP contribution in [-0.4, -0.2) is 20.4 Å². The lowest BCUT2D eigenvalue weighted by Crippen LogP contribution is -2.23. The predicted molar refractivity (Wildman–Crippen MR) is 126 cm³/mol. The lowest BCUT2D eigenvalue weighted by atomic mass is 10.2. The van der Waals surface area contributed by atoms with Crippen LogP contribution >= 0.6 is 22.9 Å². The number of nitrogens with two attached hydrogens (primary N) is 1. The van der Waals surface area contributed by atoms with Gasteiger partial charge in [0.15, 0.2) is 5.65 Å². The molecule has 6 nitrogen and oxygen atoms in total. The van der Waals surface area contributed by atoms with Gasteiger partial charge in [-0.2, -0.15) is 0 Å². The lowest BCUT2D eigenvalue weighted by Gasteiger charge is -2.09. The number of benzene rings is 2. The van der Waals surface area contributed by atoms with Gasteiger partial charge in [-0.15, -0.1) is 11.3 Å². The maximum atomic E-state index is 13.2. The molecule has 2 aromatic carbocycles. The second-order valence-electron chi connectivity index (χ2n) is 7.18. The first-order valence-electron chi connectivity index (χ1n) is 9.66. The number of aryl methyl sites for hydroxylation is 1. The zero-order valence-electron chi connectivity index (χ0n) is 16.6. The number of amides is 1. The van der Waals surface area contributed by atoms with E-state index in [9.17, 15) is 4.79 Å². The number of thiophene rings is 1. The third-order valence-corrected chi connectivity index (χ3v) is 6.43. The van der Waals surface area contributed by atoms with E-state index >= 15 is 0 Å². The molecule has 3 aromatic heterocycles. The highest BCUT2D eigenvalue weighted by molar-refractivity contribution is 7.09. The number of nitrogens with one attached hydrogen (secondary N) is 1. The van der Waals surface area contributed by atoms with E-state index in [0.29, 0.717) is 33.8 Å². The number of hydrogen-bond acceptors (Lipinski definition) is 5. The Kier molecular flexibility index (Phi) is 4.84. The average molecular weight is 448 g/mol. The summed E-state index contributed by atoms with van der Waals surface area (Å²) in [5.74, 6) is -0.0219. The van der Waals surface area contributed by atoms with Crippen LogP contribution in [0.2, 0.25) is 5.02 Å². The standard InChI is InChI=1S/C23H18ClN5OS/c1-13-8-9-14(11-16(13)24)29-21(25)19(23(30)26-12-15-5-4-10-31-15)20-22(29)28-18-7-3-2-6-17(18)27-20/h2-11H,12,25H2,1H3,(H,26,30). The van der Waals surface area contributed by atoms with Crippen molar-refractivity contribution < 1.29 is 4.79 Å². The Morgan fingerprint density at radius 1 is 1.13 bits per heavy atom. The van der Waals surface area contributed by atoms with E-state index in [-0.39, 0.29) is 11.7 Å². The maximum absolute atomic E-state index is 13.2. The van der Waals surface area contributed by atoms with Gasteiger partial charge in [-0.25, -0.2) is 9.97 Å². The van der Waals surface area contributed by atoms with Crippen LogP contribution in [0.1, 0.15) is 20.8 Å². The Hall–Kier alpha value is -3.42. The summed E-state index contributed by atoms with van der Waals surface area (Å²) in [6.07, 6.45) is 0. The minimum absolute atomic E-state index is 0.272. The molecule has 31 heavy (non-hydrogen) atoms. The van der Waals surface area contributed by atoms with Crippen LogP contribution in [0, 0.1) is 6.92 Å². The Balaban J connectivity index is 1.72. The minimum Gasteiger partial charge on any atom is -0.384 e. The SMILES string of the molecule is Cc1ccc(-n2c(N)c(C(=O)NCc3cccs3)c3nc4ccccc4nc32)cc1Cl. The van der Waals surface area contributed by atoms with E-state index < -0.39 is 0 Å². The second-order valence-corrected chi connectivity index (χ2v) is 8.62. The number of halogens is 1. The molecule has 0 aliphatic carbocycles. The van der Waals surface area contributed by atoms with Gasteiger partial charge in [-0.1, -0.05) is 35.9 Å². The van der Waals surface area contributed by atoms with Gasteiger partial charge in [0.1, 0.15) is 16.9 Å². The first kappa shape index (κ1) is 19.5. The van der Waals surface area contributed by atoms with Crippen molar-refractivity contribution in [3.63, 3.8) is 0 Å². The first-order chi connectivity index (χ1) is 15.0. The largest absolute Gasteiger partial charge is 0.384 e. The van der Waals surface area contributed by atoms with E-state index in [2.05, 4.69) is 5.32 Å². The second kappa shape index (κ2) is 7.68. The fourth-order valence-electron chi connectivity index (χ4n) is 3.54. The Labute approximate surface area is 187 Å². The van der Waals surface area contributed by atoms with E-state index in [1.54, 1.807) is 15.9 Å². The third kappa shape index (κ3) is 3.41. The number of carbonyl (C=O) groups is 1. The summed E-state index contributed by atoms with van der Waals surface area (Å²) in [6, 6.07) is 17.1. The third-order valence-electron chi connectivity index (χ3n) is 5.14. The number of hydrogen-bond donors (Lipinski definition) is 2. The van der Waals surface area contributed by atoms with Crippen molar-refractivity contribution in [1.29, 1.82) is 0 Å². The van der Waals surface area contributed by atoms with Crippen LogP contribution in [0.5, 0.6) is 0 Å². The molecule has 0 saturated heterocycles. The van der Waals surface area contributed by atoms with Crippen molar-refractivity contribution in [3.8, 4) is 5.69 Å². The number of aromatic nitrogens is 3. The first-order valence-corrected chi connectivity index (χ1v) is 10.9. The Morgan fingerprint density at radius 2 is 1.90 bits per heavy atom. The highest BCUT2D eigenvalue weighted by Gasteiger charge is 2.25. The summed E-state index contributed by atoms with van der Waals surface area (Å²) in [6.45, 7) is 2.35. The predicted octanol–water partition coefficient (Wildman–Crippen LogP) is 5.11. The van der Waals surface area contributed by atoms with Crippen molar-refractivity contribution in [1.82, 2.24) is 19.9 Å². The van der Waals surface area contributed by atoms with Gasteiger partial charge in [0.2, 0.25) is 0 Å². The van der Waals surface area contributed by atoms with Crippen molar-refractivity contribution in [2.24, 2.45) is 0 Å². The summed E-state index contributed by atoms with van der Waals surface area (Å²) < 4.78 is 1.74. The minimum atomic E-state index is -0.294. The highest BCUT2D eigenvalue weighted by Crippen LogP contribution is 2.32. The summed E-state index contributed by atoms with van der Waals surface area (Å²) in [5, 5.41) is 5.53. The van der Waals surface area contributed by atoms with E-state index in [1.807, 2.05) is 66.9 Å². The number of rotatable bonds is 4. The average Bonchev–Trinajstić information content (AvgIpc) is 3.38. The maximum Gasteiger partial charge on any atom is 0.257 e. The lowest BCUT2D eigenvalue weighted by molar-refractivity contribution is 0.0953. The molecule has 0 radical (unpaired) electrons. The van der Waals surface area contributed by atoms with Gasteiger partial charge >= 0.3 is 0 Å². The fraction of sp³-hybridized carbons (Fsp3) is 0.0870. The molecule has 5 aromatic rings. The zero-order chi connectivity index (χ0) is 21.5. The van der Waals surface area contributed by atoms with Gasteiger partial charge in [0.25, 0.3) is 5.91 Å². The normalized spacial score (nSPS) is 11.3. The molecule has 1 amide bonds. The Bertz CT molecular complexity index is 1440. The number of fused-ring (bicyclic) bond motifs is 2. The van der Waals surface area contributed by atoms with Gasteiger partial charge in [0.05, 0.1) is 23.3 Å². The number of nitrogens with zero attached hydrogens (tertiary/aromatic N) is 3. The Morgan fingerprint density at radius 3 is 2.61 bits per heavy atom. The van der Waals surface area contributed by atoms with Crippen molar-refractivity contribution >= 4 is 56.9 Å². The molecule has 0 aliphatic heterocycles. The van der Waals surface area contributed by atoms with Gasteiger partial charge in [0, 0.05) is 9.90 Å². The smallest absolute Gasteiger partial charge is 0.257 e. The van der Waals surface area contributed by atoms with Crippen molar-refractivity contribution in [2.45, 2.75) is 13.5 Å². The van der Waals surface area contributed by atoms with E-state index in [1.165, 1.54) is 0 Å². The molecular weight excluding hydrogens is 430 g/mol. The summed E-state index contributed by atoms with van der Waals surface area (Å²) in [4.78, 5) is 23.8. The quantitative estimate of drug-likeness (QED) is 0.401. The molecular formula is C23H18ClN5OS. The van der Waals surface area contributed by atoms with Crippen LogP contribution in [0.15, 0.2) is 60.0 Å². The molecule has 3 heterocycles. The topological polar surface area (TPSA) is 85.8 Å². The monoisotopic (exact) mass is 447 g/mol. The molecule has 5 rings (SSSR count). The summed E-state index contributed by atoms with van der Waals surface area (Å²) in [5.41, 5.74) is 10.9. The van der Waals surface area contributed by atoms with Gasteiger partial charge in [-0.05, 0) is 48.2 Å². The van der Waals surface area contributed by atoms with Crippen LogP contribution in [0.4, 0.5) is 5.82 Å². The molecule has 0 fully saturated rings. The number of carbonyl (C=O) groups excluding carboxylic acids is 1. The fourth-order valence-corrected chi connectivity index (χ4v) is 4.36. The van der Waals surface area contributed by atoms with E-state index in [0.717, 1.165) is 21.6 Å². The zero-order valence-corrected chi connectivity index (χ0v) is 18.2. The summed E-state index contributed by atoms with van der Waals surface area (Å²) >= 11 is 7.95. The molecule has 0 atom stereocenters. The molecule has 3 N–H and O–H groups in total. The molecule has 8 heteroatoms. The molecule has 0 saturated carbocycles. The van der Waals surface area contributed by atoms with Crippen molar-refractivity contribution in [2.75, 3.05) is 5.73 Å².